The molecule has 1 heterocycles. The van der Waals surface area contributed by atoms with Gasteiger partial charge in [-0.25, -0.2) is 0 Å². The number of carbonyl (C=O) groups is 1. The third kappa shape index (κ3) is 2.25. The second-order valence-electron chi connectivity index (χ2n) is 4.50. The lowest BCUT2D eigenvalue weighted by Gasteiger charge is -2.05. The Morgan fingerprint density at radius 1 is 1.20 bits per heavy atom. The van der Waals surface area contributed by atoms with E-state index in [9.17, 15) is 4.79 Å². The van der Waals surface area contributed by atoms with Crippen molar-refractivity contribution in [2.24, 2.45) is 7.05 Å². The predicted octanol–water partition coefficient (Wildman–Crippen LogP) is 4.22. The highest BCUT2D eigenvalue weighted by molar-refractivity contribution is 9.10. The molecular formula is C15H10BrClN2O. The van der Waals surface area contributed by atoms with Crippen LogP contribution < -0.4 is 0 Å². The number of rotatable bonds is 2. The van der Waals surface area contributed by atoms with Crippen molar-refractivity contribution < 1.29 is 4.79 Å². The molecule has 2 aromatic carbocycles. The van der Waals surface area contributed by atoms with Crippen LogP contribution in [0.3, 0.4) is 0 Å². The van der Waals surface area contributed by atoms with Crippen LogP contribution in [0.2, 0.25) is 5.02 Å². The second kappa shape index (κ2) is 5.04. The summed E-state index contributed by atoms with van der Waals surface area (Å²) in [6.45, 7) is 0. The van der Waals surface area contributed by atoms with Crippen LogP contribution in [0.4, 0.5) is 0 Å². The van der Waals surface area contributed by atoms with E-state index in [0.29, 0.717) is 16.3 Å². The maximum atomic E-state index is 12.5. The van der Waals surface area contributed by atoms with Gasteiger partial charge < -0.3 is 0 Å². The molecule has 0 aliphatic carbocycles. The molecule has 3 rings (SSSR count). The Kier molecular flexibility index (Phi) is 3.36. The zero-order valence-electron chi connectivity index (χ0n) is 10.6. The SMILES string of the molecule is Cn1ncc(Cl)c1C(=O)c1ccc2cc(Br)ccc2c1. The molecule has 0 spiro atoms. The van der Waals surface area contributed by atoms with Crippen LogP contribution in [0.25, 0.3) is 10.8 Å². The molecule has 0 radical (unpaired) electrons. The molecule has 0 aliphatic rings. The van der Waals surface area contributed by atoms with E-state index in [0.717, 1.165) is 15.2 Å². The molecule has 3 aromatic rings. The first-order chi connectivity index (χ1) is 9.56. The molecule has 3 nitrogen and oxygen atoms in total. The topological polar surface area (TPSA) is 34.9 Å². The molecule has 100 valence electrons. The minimum absolute atomic E-state index is 0.125. The van der Waals surface area contributed by atoms with Gasteiger partial charge in [0.25, 0.3) is 0 Å². The maximum Gasteiger partial charge on any atom is 0.212 e. The van der Waals surface area contributed by atoms with Gasteiger partial charge in [0.05, 0.1) is 11.2 Å². The highest BCUT2D eigenvalue weighted by atomic mass is 79.9. The number of aryl methyl sites for hydroxylation is 1. The summed E-state index contributed by atoms with van der Waals surface area (Å²) in [5.41, 5.74) is 1.01. The fourth-order valence-corrected chi connectivity index (χ4v) is 2.79. The van der Waals surface area contributed by atoms with Gasteiger partial charge in [-0.15, -0.1) is 0 Å². The lowest BCUT2D eigenvalue weighted by atomic mass is 10.0. The highest BCUT2D eigenvalue weighted by Crippen LogP contribution is 2.24. The average Bonchev–Trinajstić information content (AvgIpc) is 2.77. The molecule has 0 unspecified atom stereocenters. The van der Waals surface area contributed by atoms with E-state index < -0.39 is 0 Å². The van der Waals surface area contributed by atoms with Crippen molar-refractivity contribution >= 4 is 44.1 Å². The average molecular weight is 350 g/mol. The molecule has 0 amide bonds. The highest BCUT2D eigenvalue weighted by Gasteiger charge is 2.17. The van der Waals surface area contributed by atoms with E-state index in [4.69, 9.17) is 11.6 Å². The number of halogens is 2. The summed E-state index contributed by atoms with van der Waals surface area (Å²) in [6.07, 6.45) is 1.48. The smallest absolute Gasteiger partial charge is 0.212 e. The number of carbonyl (C=O) groups excluding carboxylic acids is 1. The standard InChI is InChI=1S/C15H10BrClN2O/c1-19-14(13(17)8-18-19)15(20)11-3-2-10-7-12(16)5-4-9(10)6-11/h2-8H,1H3. The third-order valence-electron chi connectivity index (χ3n) is 3.17. The Balaban J connectivity index is 2.11. The molecule has 20 heavy (non-hydrogen) atoms. The Hall–Kier alpha value is -1.65. The Morgan fingerprint density at radius 2 is 1.90 bits per heavy atom. The summed E-state index contributed by atoms with van der Waals surface area (Å²) >= 11 is 9.45. The number of hydrogen-bond donors (Lipinski definition) is 0. The van der Waals surface area contributed by atoms with Crippen molar-refractivity contribution in [3.05, 3.63) is 63.3 Å². The fraction of sp³-hybridized carbons (Fsp3) is 0.0667. The number of hydrogen-bond acceptors (Lipinski definition) is 2. The lowest BCUT2D eigenvalue weighted by molar-refractivity contribution is 0.103. The number of nitrogens with zero attached hydrogens (tertiary/aromatic N) is 2. The van der Waals surface area contributed by atoms with Crippen LogP contribution in [0.1, 0.15) is 16.1 Å². The van der Waals surface area contributed by atoms with E-state index in [1.165, 1.54) is 10.9 Å². The van der Waals surface area contributed by atoms with Crippen molar-refractivity contribution in [2.45, 2.75) is 0 Å². The van der Waals surface area contributed by atoms with Crippen molar-refractivity contribution in [1.29, 1.82) is 0 Å². The van der Waals surface area contributed by atoms with Crippen LogP contribution >= 0.6 is 27.5 Å². The molecule has 0 bridgehead atoms. The van der Waals surface area contributed by atoms with Crippen LogP contribution in [0, 0.1) is 0 Å². The van der Waals surface area contributed by atoms with Crippen molar-refractivity contribution in [1.82, 2.24) is 9.78 Å². The molecule has 1 aromatic heterocycles. The number of benzene rings is 2. The molecule has 5 heteroatoms. The largest absolute Gasteiger partial charge is 0.287 e. The summed E-state index contributed by atoms with van der Waals surface area (Å²) in [5.74, 6) is -0.125. The van der Waals surface area contributed by atoms with E-state index in [-0.39, 0.29) is 5.78 Å². The number of aromatic nitrogens is 2. The lowest BCUT2D eigenvalue weighted by Crippen LogP contribution is -2.08. The van der Waals surface area contributed by atoms with Crippen LogP contribution in [0.15, 0.2) is 47.1 Å². The van der Waals surface area contributed by atoms with Gasteiger partial charge in [0, 0.05) is 17.1 Å². The van der Waals surface area contributed by atoms with Gasteiger partial charge in [-0.3, -0.25) is 9.48 Å². The van der Waals surface area contributed by atoms with Crippen LogP contribution in [-0.2, 0) is 7.05 Å². The first kappa shape index (κ1) is 13.3. The zero-order chi connectivity index (χ0) is 14.3. The minimum Gasteiger partial charge on any atom is -0.287 e. The molecule has 0 atom stereocenters. The molecule has 0 saturated heterocycles. The first-order valence-electron chi connectivity index (χ1n) is 5.98. The van der Waals surface area contributed by atoms with E-state index in [1.54, 1.807) is 13.1 Å². The van der Waals surface area contributed by atoms with Crippen LogP contribution in [-0.4, -0.2) is 15.6 Å². The Labute approximate surface area is 129 Å². The van der Waals surface area contributed by atoms with E-state index in [2.05, 4.69) is 21.0 Å². The molecule has 0 fully saturated rings. The van der Waals surface area contributed by atoms with E-state index in [1.807, 2.05) is 30.3 Å². The van der Waals surface area contributed by atoms with Crippen molar-refractivity contribution in [2.75, 3.05) is 0 Å². The third-order valence-corrected chi connectivity index (χ3v) is 3.94. The first-order valence-corrected chi connectivity index (χ1v) is 7.15. The quantitative estimate of drug-likeness (QED) is 0.649. The number of ketones is 1. The summed E-state index contributed by atoms with van der Waals surface area (Å²) in [7, 11) is 1.71. The van der Waals surface area contributed by atoms with E-state index >= 15 is 0 Å². The molecule has 0 aliphatic heterocycles. The van der Waals surface area contributed by atoms with Gasteiger partial charge in [-0.1, -0.05) is 45.7 Å². The molecular weight excluding hydrogens is 340 g/mol. The second-order valence-corrected chi connectivity index (χ2v) is 5.82. The summed E-state index contributed by atoms with van der Waals surface area (Å²) < 4.78 is 2.51. The van der Waals surface area contributed by atoms with Crippen molar-refractivity contribution in [3.63, 3.8) is 0 Å². The Bertz CT molecular complexity index is 806. The predicted molar refractivity (Wildman–Crippen MR) is 83.3 cm³/mol. The normalized spacial score (nSPS) is 10.9. The molecule has 0 saturated carbocycles. The van der Waals surface area contributed by atoms with Gasteiger partial charge in [-0.05, 0) is 29.0 Å². The van der Waals surface area contributed by atoms with Gasteiger partial charge in [-0.2, -0.15) is 5.10 Å². The summed E-state index contributed by atoms with van der Waals surface area (Å²) in [4.78, 5) is 12.5. The number of fused-ring (bicyclic) bond motifs is 1. The maximum absolute atomic E-state index is 12.5. The van der Waals surface area contributed by atoms with Gasteiger partial charge >= 0.3 is 0 Å². The fourth-order valence-electron chi connectivity index (χ4n) is 2.16. The molecule has 0 N–H and O–H groups in total. The monoisotopic (exact) mass is 348 g/mol. The Morgan fingerprint density at radius 3 is 2.60 bits per heavy atom. The van der Waals surface area contributed by atoms with Gasteiger partial charge in [0.2, 0.25) is 5.78 Å². The zero-order valence-corrected chi connectivity index (χ0v) is 12.9. The minimum atomic E-state index is -0.125. The van der Waals surface area contributed by atoms with Crippen LogP contribution in [0.5, 0.6) is 0 Å². The summed E-state index contributed by atoms with van der Waals surface area (Å²) in [5, 5.41) is 6.45. The van der Waals surface area contributed by atoms with Gasteiger partial charge in [0.1, 0.15) is 5.69 Å². The summed E-state index contributed by atoms with van der Waals surface area (Å²) in [6, 6.07) is 11.5. The van der Waals surface area contributed by atoms with Crippen molar-refractivity contribution in [3.8, 4) is 0 Å². The van der Waals surface area contributed by atoms with Gasteiger partial charge in [0.15, 0.2) is 0 Å².